The van der Waals surface area contributed by atoms with Crippen molar-refractivity contribution >= 4 is 33.4 Å². The highest BCUT2D eigenvalue weighted by molar-refractivity contribution is 7.89. The number of allylic oxidation sites excluding steroid dienone is 2. The van der Waals surface area contributed by atoms with Crippen LogP contribution in [0, 0.1) is 11.8 Å². The number of imide groups is 1. The molecule has 8 heteroatoms. The lowest BCUT2D eigenvalue weighted by Crippen LogP contribution is -2.62. The first-order valence-electron chi connectivity index (χ1n) is 10.2. The van der Waals surface area contributed by atoms with E-state index in [2.05, 4.69) is 0 Å². The van der Waals surface area contributed by atoms with E-state index in [0.29, 0.717) is 17.9 Å². The average Bonchev–Trinajstić information content (AvgIpc) is 2.99. The Morgan fingerprint density at radius 3 is 2.06 bits per heavy atom. The lowest BCUT2D eigenvalue weighted by Gasteiger charge is -2.42. The highest BCUT2D eigenvalue weighted by Gasteiger charge is 2.53. The SMILES string of the molecule is O=C1C2CC=CCC2C(=O)N1C1CN(S(=O)(=O)c2cccc(-c3ccc(Cl)cc3)c2)C1. The van der Waals surface area contributed by atoms with Gasteiger partial charge < -0.3 is 0 Å². The van der Waals surface area contributed by atoms with Crippen molar-refractivity contribution in [3.63, 3.8) is 0 Å². The molecular weight excluding hydrogens is 436 g/mol. The molecule has 1 aliphatic carbocycles. The quantitative estimate of drug-likeness (QED) is 0.522. The fourth-order valence-corrected chi connectivity index (χ4v) is 6.28. The fraction of sp³-hybridized carbons (Fsp3) is 0.304. The Hall–Kier alpha value is -2.48. The Morgan fingerprint density at radius 2 is 1.45 bits per heavy atom. The molecule has 2 saturated heterocycles. The van der Waals surface area contributed by atoms with Crippen LogP contribution in [0.15, 0.2) is 65.6 Å². The maximum absolute atomic E-state index is 13.1. The number of fused-ring (bicyclic) bond motifs is 1. The second-order valence-electron chi connectivity index (χ2n) is 8.21. The van der Waals surface area contributed by atoms with Crippen molar-refractivity contribution < 1.29 is 18.0 Å². The average molecular weight is 457 g/mol. The number of rotatable bonds is 4. The maximum Gasteiger partial charge on any atom is 0.243 e. The van der Waals surface area contributed by atoms with E-state index in [4.69, 9.17) is 11.6 Å². The minimum atomic E-state index is -3.72. The summed E-state index contributed by atoms with van der Waals surface area (Å²) in [4.78, 5) is 27.0. The third kappa shape index (κ3) is 3.41. The summed E-state index contributed by atoms with van der Waals surface area (Å²) in [5, 5.41) is 0.612. The summed E-state index contributed by atoms with van der Waals surface area (Å²) in [6.07, 6.45) is 5.05. The van der Waals surface area contributed by atoms with Crippen molar-refractivity contribution in [2.75, 3.05) is 13.1 Å². The van der Waals surface area contributed by atoms with Crippen molar-refractivity contribution in [2.45, 2.75) is 23.8 Å². The van der Waals surface area contributed by atoms with Gasteiger partial charge in [-0.1, -0.05) is 48.0 Å². The molecule has 0 spiro atoms. The summed E-state index contributed by atoms with van der Waals surface area (Å²) in [5.74, 6) is -0.907. The number of hydrogen-bond donors (Lipinski definition) is 0. The topological polar surface area (TPSA) is 74.8 Å². The van der Waals surface area contributed by atoms with E-state index in [0.717, 1.165) is 11.1 Å². The Balaban J connectivity index is 1.32. The summed E-state index contributed by atoms with van der Waals surface area (Å²) in [5.41, 5.74) is 1.64. The zero-order chi connectivity index (χ0) is 21.8. The zero-order valence-corrected chi connectivity index (χ0v) is 18.2. The molecule has 0 aromatic heterocycles. The maximum atomic E-state index is 13.1. The molecule has 2 heterocycles. The number of sulfonamides is 1. The minimum absolute atomic E-state index is 0.137. The van der Waals surface area contributed by atoms with Crippen molar-refractivity contribution in [1.82, 2.24) is 9.21 Å². The van der Waals surface area contributed by atoms with Gasteiger partial charge in [0.05, 0.1) is 22.8 Å². The molecule has 0 bridgehead atoms. The Labute approximate surface area is 186 Å². The molecule has 31 heavy (non-hydrogen) atoms. The van der Waals surface area contributed by atoms with Crippen molar-refractivity contribution in [3.05, 3.63) is 65.7 Å². The summed E-state index contributed by atoms with van der Waals surface area (Å²) < 4.78 is 27.6. The van der Waals surface area contributed by atoms with Crippen LogP contribution in [0.25, 0.3) is 11.1 Å². The van der Waals surface area contributed by atoms with Crippen LogP contribution in [0.4, 0.5) is 0 Å². The van der Waals surface area contributed by atoms with Crippen LogP contribution in [-0.4, -0.2) is 48.6 Å². The van der Waals surface area contributed by atoms with Crippen LogP contribution in [0.2, 0.25) is 5.02 Å². The monoisotopic (exact) mass is 456 g/mol. The smallest absolute Gasteiger partial charge is 0.243 e. The highest BCUT2D eigenvalue weighted by Crippen LogP contribution is 2.38. The molecule has 2 unspecified atom stereocenters. The molecule has 2 amide bonds. The highest BCUT2D eigenvalue weighted by atomic mass is 35.5. The number of likely N-dealkylation sites (tertiary alicyclic amines) is 1. The summed E-state index contributed by atoms with van der Waals surface area (Å²) in [7, 11) is -3.72. The number of nitrogens with zero attached hydrogens (tertiary/aromatic N) is 2. The van der Waals surface area contributed by atoms with Gasteiger partial charge in [-0.05, 0) is 48.2 Å². The van der Waals surface area contributed by atoms with Gasteiger partial charge in [0.15, 0.2) is 0 Å². The molecule has 6 nitrogen and oxygen atoms in total. The summed E-state index contributed by atoms with van der Waals surface area (Å²) in [6.45, 7) is 0.274. The predicted octanol–water partition coefficient (Wildman–Crippen LogP) is 3.33. The number of carbonyl (C=O) groups excluding carboxylic acids is 2. The van der Waals surface area contributed by atoms with E-state index in [1.165, 1.54) is 9.21 Å². The number of hydrogen-bond acceptors (Lipinski definition) is 4. The van der Waals surface area contributed by atoms with Crippen LogP contribution >= 0.6 is 11.6 Å². The van der Waals surface area contributed by atoms with Crippen LogP contribution in [-0.2, 0) is 19.6 Å². The molecule has 2 atom stereocenters. The van der Waals surface area contributed by atoms with Crippen LogP contribution in [0.5, 0.6) is 0 Å². The molecule has 5 rings (SSSR count). The molecule has 160 valence electrons. The number of amides is 2. The third-order valence-electron chi connectivity index (χ3n) is 6.38. The first-order chi connectivity index (χ1) is 14.9. The standard InChI is InChI=1S/C23H21ClN2O4S/c24-17-10-8-15(9-11-17)16-4-3-5-19(12-16)31(29,30)25-13-18(14-25)26-22(27)20-6-1-2-7-21(20)23(26)28/h1-5,8-12,18,20-21H,6-7,13-14H2. The van der Waals surface area contributed by atoms with Crippen LogP contribution < -0.4 is 0 Å². The van der Waals surface area contributed by atoms with Gasteiger partial charge in [0.2, 0.25) is 21.8 Å². The first kappa shape index (κ1) is 20.4. The van der Waals surface area contributed by atoms with E-state index in [-0.39, 0.29) is 47.7 Å². The van der Waals surface area contributed by atoms with Gasteiger partial charge in [0, 0.05) is 18.1 Å². The zero-order valence-electron chi connectivity index (χ0n) is 16.6. The lowest BCUT2D eigenvalue weighted by molar-refractivity contribution is -0.145. The molecule has 2 aromatic carbocycles. The van der Waals surface area contributed by atoms with Gasteiger partial charge >= 0.3 is 0 Å². The molecule has 2 aliphatic heterocycles. The van der Waals surface area contributed by atoms with Gasteiger partial charge in [-0.15, -0.1) is 0 Å². The van der Waals surface area contributed by atoms with Crippen LogP contribution in [0.3, 0.4) is 0 Å². The Kier molecular flexibility index (Phi) is 5.00. The fourth-order valence-electron chi connectivity index (χ4n) is 4.59. The molecule has 0 radical (unpaired) electrons. The molecule has 0 N–H and O–H groups in total. The van der Waals surface area contributed by atoms with E-state index >= 15 is 0 Å². The van der Waals surface area contributed by atoms with Gasteiger partial charge in [-0.2, -0.15) is 4.31 Å². The normalized spacial score (nSPS) is 24.4. The van der Waals surface area contributed by atoms with Gasteiger partial charge in [-0.25, -0.2) is 8.42 Å². The summed E-state index contributed by atoms with van der Waals surface area (Å²) >= 11 is 5.94. The van der Waals surface area contributed by atoms with E-state index in [9.17, 15) is 18.0 Å². The molecule has 2 fully saturated rings. The first-order valence-corrected chi connectivity index (χ1v) is 12.1. The van der Waals surface area contributed by atoms with E-state index in [1.54, 1.807) is 30.3 Å². The summed E-state index contributed by atoms with van der Waals surface area (Å²) in [6, 6.07) is 13.6. The predicted molar refractivity (Wildman–Crippen MR) is 117 cm³/mol. The number of carbonyl (C=O) groups is 2. The van der Waals surface area contributed by atoms with Crippen molar-refractivity contribution in [2.24, 2.45) is 11.8 Å². The van der Waals surface area contributed by atoms with Crippen molar-refractivity contribution in [3.8, 4) is 11.1 Å². The van der Waals surface area contributed by atoms with Gasteiger partial charge in [-0.3, -0.25) is 14.5 Å². The van der Waals surface area contributed by atoms with Crippen LogP contribution in [0.1, 0.15) is 12.8 Å². The van der Waals surface area contributed by atoms with Crippen molar-refractivity contribution in [1.29, 1.82) is 0 Å². The largest absolute Gasteiger partial charge is 0.276 e. The second kappa shape index (κ2) is 7.58. The molecule has 2 aromatic rings. The number of halogens is 1. The van der Waals surface area contributed by atoms with Gasteiger partial charge in [0.1, 0.15) is 0 Å². The lowest BCUT2D eigenvalue weighted by atomic mass is 9.85. The minimum Gasteiger partial charge on any atom is -0.276 e. The Bertz CT molecular complexity index is 1160. The molecular formula is C23H21ClN2O4S. The van der Waals surface area contributed by atoms with Gasteiger partial charge in [0.25, 0.3) is 0 Å². The Morgan fingerprint density at radius 1 is 0.839 bits per heavy atom. The number of benzene rings is 2. The molecule has 0 saturated carbocycles. The second-order valence-corrected chi connectivity index (χ2v) is 10.6. The third-order valence-corrected chi connectivity index (χ3v) is 8.46. The van der Waals surface area contributed by atoms with E-state index < -0.39 is 10.0 Å². The van der Waals surface area contributed by atoms with E-state index in [1.807, 2.05) is 30.4 Å². The molecule has 3 aliphatic rings.